The molecular weight excluding hydrogens is 318 g/mol. The van der Waals surface area contributed by atoms with Gasteiger partial charge < -0.3 is 15.2 Å². The lowest BCUT2D eigenvalue weighted by Gasteiger charge is -2.15. The van der Waals surface area contributed by atoms with Gasteiger partial charge in [-0.1, -0.05) is 17.7 Å². The fourth-order valence-electron chi connectivity index (χ4n) is 1.90. The summed E-state index contributed by atoms with van der Waals surface area (Å²) in [6.45, 7) is 3.41. The first-order valence-corrected chi connectivity index (χ1v) is 7.29. The zero-order valence-corrected chi connectivity index (χ0v) is 13.5. The summed E-state index contributed by atoms with van der Waals surface area (Å²) in [6, 6.07) is 11.2. The van der Waals surface area contributed by atoms with Gasteiger partial charge in [0.2, 0.25) is 5.91 Å². The number of carbonyl (C=O) groups excluding carboxylic acids is 2. The highest BCUT2D eigenvalue weighted by atomic mass is 35.5. The van der Waals surface area contributed by atoms with Crippen molar-refractivity contribution in [2.75, 3.05) is 0 Å². The molecule has 5 nitrogen and oxygen atoms in total. The molecule has 2 N–H and O–H groups in total. The van der Waals surface area contributed by atoms with Gasteiger partial charge in [0, 0.05) is 10.6 Å². The second kappa shape index (κ2) is 7.15. The number of esters is 1. The van der Waals surface area contributed by atoms with Crippen LogP contribution in [0.3, 0.4) is 0 Å². The molecule has 0 aliphatic rings. The zero-order valence-electron chi connectivity index (χ0n) is 12.7. The van der Waals surface area contributed by atoms with Crippen molar-refractivity contribution >= 4 is 23.5 Å². The van der Waals surface area contributed by atoms with Crippen LogP contribution in [0.2, 0.25) is 5.02 Å². The van der Waals surface area contributed by atoms with Crippen molar-refractivity contribution in [3.05, 3.63) is 58.6 Å². The van der Waals surface area contributed by atoms with E-state index in [-0.39, 0.29) is 11.3 Å². The maximum atomic E-state index is 12.1. The SMILES string of the molecule is Cc1cc(Cl)ccc1OC(C)C(=O)Oc1cccc(C(N)=O)c1. The van der Waals surface area contributed by atoms with Crippen LogP contribution in [0, 0.1) is 6.92 Å². The topological polar surface area (TPSA) is 78.6 Å². The Morgan fingerprint density at radius 1 is 1.17 bits per heavy atom. The molecule has 0 radical (unpaired) electrons. The molecule has 0 heterocycles. The molecule has 2 aromatic rings. The van der Waals surface area contributed by atoms with E-state index in [4.69, 9.17) is 26.8 Å². The van der Waals surface area contributed by atoms with Crippen LogP contribution in [0.25, 0.3) is 0 Å². The Morgan fingerprint density at radius 3 is 2.57 bits per heavy atom. The predicted octanol–water partition coefficient (Wildman–Crippen LogP) is 3.12. The van der Waals surface area contributed by atoms with Crippen LogP contribution >= 0.6 is 11.6 Å². The van der Waals surface area contributed by atoms with E-state index in [0.29, 0.717) is 10.8 Å². The second-order valence-corrected chi connectivity index (χ2v) is 5.42. The van der Waals surface area contributed by atoms with Crippen LogP contribution in [0.4, 0.5) is 0 Å². The molecule has 23 heavy (non-hydrogen) atoms. The number of nitrogens with two attached hydrogens (primary N) is 1. The Kier molecular flexibility index (Phi) is 5.24. The van der Waals surface area contributed by atoms with E-state index in [1.165, 1.54) is 12.1 Å². The molecule has 0 fully saturated rings. The number of primary amides is 1. The number of amides is 1. The molecule has 0 aliphatic carbocycles. The van der Waals surface area contributed by atoms with E-state index < -0.39 is 18.0 Å². The third kappa shape index (κ3) is 4.47. The van der Waals surface area contributed by atoms with E-state index in [1.54, 1.807) is 37.3 Å². The molecule has 0 saturated heterocycles. The van der Waals surface area contributed by atoms with Gasteiger partial charge in [-0.2, -0.15) is 0 Å². The summed E-state index contributed by atoms with van der Waals surface area (Å²) in [4.78, 5) is 23.2. The normalized spacial score (nSPS) is 11.6. The van der Waals surface area contributed by atoms with E-state index >= 15 is 0 Å². The van der Waals surface area contributed by atoms with E-state index in [0.717, 1.165) is 5.56 Å². The summed E-state index contributed by atoms with van der Waals surface area (Å²) < 4.78 is 10.8. The zero-order chi connectivity index (χ0) is 17.0. The lowest BCUT2D eigenvalue weighted by atomic mass is 10.2. The van der Waals surface area contributed by atoms with Gasteiger partial charge in [-0.05, 0) is 55.8 Å². The molecule has 2 aromatic carbocycles. The minimum Gasteiger partial charge on any atom is -0.479 e. The monoisotopic (exact) mass is 333 g/mol. The van der Waals surface area contributed by atoms with Crippen molar-refractivity contribution in [3.63, 3.8) is 0 Å². The van der Waals surface area contributed by atoms with Crippen molar-refractivity contribution < 1.29 is 19.1 Å². The minimum absolute atomic E-state index is 0.231. The number of halogens is 1. The van der Waals surface area contributed by atoms with Crippen molar-refractivity contribution in [2.45, 2.75) is 20.0 Å². The highest BCUT2D eigenvalue weighted by Gasteiger charge is 2.18. The van der Waals surface area contributed by atoms with Crippen LogP contribution in [-0.2, 0) is 4.79 Å². The molecule has 0 aliphatic heterocycles. The standard InChI is InChI=1S/C17H16ClNO4/c1-10-8-13(18)6-7-15(10)22-11(2)17(21)23-14-5-3-4-12(9-14)16(19)20/h3-9,11H,1-2H3,(H2,19,20). The average molecular weight is 334 g/mol. The first kappa shape index (κ1) is 16.8. The van der Waals surface area contributed by atoms with E-state index in [1.807, 2.05) is 6.92 Å². The summed E-state index contributed by atoms with van der Waals surface area (Å²) in [5.74, 6) is -0.399. The highest BCUT2D eigenvalue weighted by molar-refractivity contribution is 6.30. The van der Waals surface area contributed by atoms with Gasteiger partial charge in [0.15, 0.2) is 6.10 Å². The molecule has 2 rings (SSSR count). The van der Waals surface area contributed by atoms with Gasteiger partial charge in [-0.25, -0.2) is 4.79 Å². The highest BCUT2D eigenvalue weighted by Crippen LogP contribution is 2.23. The number of carbonyl (C=O) groups is 2. The molecule has 120 valence electrons. The number of rotatable bonds is 5. The third-order valence-corrected chi connectivity index (χ3v) is 3.34. The molecule has 6 heteroatoms. The largest absolute Gasteiger partial charge is 0.479 e. The second-order valence-electron chi connectivity index (χ2n) is 4.98. The van der Waals surface area contributed by atoms with Gasteiger partial charge in [-0.3, -0.25) is 4.79 Å². The fourth-order valence-corrected chi connectivity index (χ4v) is 2.12. The van der Waals surface area contributed by atoms with Gasteiger partial charge in [0.25, 0.3) is 0 Å². The summed E-state index contributed by atoms with van der Waals surface area (Å²) in [5.41, 5.74) is 6.26. The fraction of sp³-hybridized carbons (Fsp3) is 0.176. The van der Waals surface area contributed by atoms with Crippen molar-refractivity contribution in [1.82, 2.24) is 0 Å². The van der Waals surface area contributed by atoms with Crippen molar-refractivity contribution in [3.8, 4) is 11.5 Å². The number of aryl methyl sites for hydroxylation is 1. The van der Waals surface area contributed by atoms with E-state index in [9.17, 15) is 9.59 Å². The molecule has 1 unspecified atom stereocenters. The van der Waals surface area contributed by atoms with E-state index in [2.05, 4.69) is 0 Å². The summed E-state index contributed by atoms with van der Waals surface area (Å²) in [5, 5.41) is 0.591. The number of hydrogen-bond donors (Lipinski definition) is 1. The van der Waals surface area contributed by atoms with Gasteiger partial charge in [-0.15, -0.1) is 0 Å². The summed E-state index contributed by atoms with van der Waals surface area (Å²) in [6.07, 6.45) is -0.827. The number of hydrogen-bond acceptors (Lipinski definition) is 4. The Balaban J connectivity index is 2.05. The molecule has 1 atom stereocenters. The first-order chi connectivity index (χ1) is 10.9. The Hall–Kier alpha value is -2.53. The average Bonchev–Trinajstić information content (AvgIpc) is 2.50. The predicted molar refractivity (Wildman–Crippen MR) is 86.9 cm³/mol. The van der Waals surface area contributed by atoms with Crippen LogP contribution in [-0.4, -0.2) is 18.0 Å². The lowest BCUT2D eigenvalue weighted by Crippen LogP contribution is -2.28. The quantitative estimate of drug-likeness (QED) is 0.673. The van der Waals surface area contributed by atoms with Crippen molar-refractivity contribution in [1.29, 1.82) is 0 Å². The number of ether oxygens (including phenoxy) is 2. The lowest BCUT2D eigenvalue weighted by molar-refractivity contribution is -0.141. The van der Waals surface area contributed by atoms with Gasteiger partial charge in [0.1, 0.15) is 11.5 Å². The molecular formula is C17H16ClNO4. The van der Waals surface area contributed by atoms with Crippen LogP contribution in [0.15, 0.2) is 42.5 Å². The van der Waals surface area contributed by atoms with Crippen LogP contribution in [0.5, 0.6) is 11.5 Å². The van der Waals surface area contributed by atoms with Gasteiger partial charge in [0.05, 0.1) is 0 Å². The smallest absolute Gasteiger partial charge is 0.352 e. The molecule has 1 amide bonds. The first-order valence-electron chi connectivity index (χ1n) is 6.91. The molecule has 0 aromatic heterocycles. The summed E-state index contributed by atoms with van der Waals surface area (Å²) in [7, 11) is 0. The molecule has 0 spiro atoms. The van der Waals surface area contributed by atoms with Crippen LogP contribution in [0.1, 0.15) is 22.8 Å². The van der Waals surface area contributed by atoms with Crippen LogP contribution < -0.4 is 15.2 Å². The molecule has 0 bridgehead atoms. The van der Waals surface area contributed by atoms with Gasteiger partial charge >= 0.3 is 5.97 Å². The maximum Gasteiger partial charge on any atom is 0.352 e. The summed E-state index contributed by atoms with van der Waals surface area (Å²) >= 11 is 5.88. The molecule has 0 saturated carbocycles. The number of benzene rings is 2. The Labute approximate surface area is 139 Å². The van der Waals surface area contributed by atoms with Crippen molar-refractivity contribution in [2.24, 2.45) is 5.73 Å². The minimum atomic E-state index is -0.827. The third-order valence-electron chi connectivity index (χ3n) is 3.11. The maximum absolute atomic E-state index is 12.1. The Morgan fingerprint density at radius 2 is 1.91 bits per heavy atom. The Bertz CT molecular complexity index is 745.